The van der Waals surface area contributed by atoms with E-state index >= 15 is 0 Å². The molecule has 92 valence electrons. The number of hydrogen-bond acceptors (Lipinski definition) is 3. The zero-order chi connectivity index (χ0) is 12.3. The number of aryl methyl sites for hydroxylation is 2. The van der Waals surface area contributed by atoms with Gasteiger partial charge in [-0.1, -0.05) is 20.3 Å². The molecular formula is C12H24N4. The molecule has 0 saturated heterocycles. The van der Waals surface area contributed by atoms with Crippen molar-refractivity contribution in [2.75, 3.05) is 11.1 Å². The van der Waals surface area contributed by atoms with Crippen LogP contribution in [0.15, 0.2) is 0 Å². The van der Waals surface area contributed by atoms with Crippen LogP contribution >= 0.6 is 0 Å². The van der Waals surface area contributed by atoms with Crippen molar-refractivity contribution in [2.45, 2.75) is 53.6 Å². The SMILES string of the molecule is CCC(C)C(C)Nc1c(N)c(C)nn1CC. The number of nitrogens with one attached hydrogen (secondary N) is 1. The van der Waals surface area contributed by atoms with Crippen molar-refractivity contribution in [3.63, 3.8) is 0 Å². The van der Waals surface area contributed by atoms with Gasteiger partial charge in [0.2, 0.25) is 0 Å². The molecule has 0 aliphatic carbocycles. The summed E-state index contributed by atoms with van der Waals surface area (Å²) in [6.07, 6.45) is 1.16. The molecule has 0 fully saturated rings. The van der Waals surface area contributed by atoms with Gasteiger partial charge in [0.25, 0.3) is 0 Å². The van der Waals surface area contributed by atoms with E-state index in [9.17, 15) is 0 Å². The van der Waals surface area contributed by atoms with E-state index in [0.29, 0.717) is 12.0 Å². The number of anilines is 2. The lowest BCUT2D eigenvalue weighted by Gasteiger charge is -2.21. The molecular weight excluding hydrogens is 200 g/mol. The van der Waals surface area contributed by atoms with Gasteiger partial charge in [-0.25, -0.2) is 4.68 Å². The maximum Gasteiger partial charge on any atom is 0.148 e. The van der Waals surface area contributed by atoms with Crippen LogP contribution in [0.3, 0.4) is 0 Å². The smallest absolute Gasteiger partial charge is 0.148 e. The van der Waals surface area contributed by atoms with Gasteiger partial charge in [0.1, 0.15) is 5.82 Å². The molecule has 0 spiro atoms. The van der Waals surface area contributed by atoms with E-state index in [1.165, 1.54) is 0 Å². The van der Waals surface area contributed by atoms with Crippen molar-refractivity contribution < 1.29 is 0 Å². The van der Waals surface area contributed by atoms with Crippen LogP contribution in [0.4, 0.5) is 11.5 Å². The number of nitrogens with two attached hydrogens (primary N) is 1. The first-order valence-corrected chi connectivity index (χ1v) is 6.10. The molecule has 0 aromatic carbocycles. The van der Waals surface area contributed by atoms with Gasteiger partial charge in [0.05, 0.1) is 11.4 Å². The first kappa shape index (κ1) is 12.9. The van der Waals surface area contributed by atoms with E-state index in [1.54, 1.807) is 0 Å². The van der Waals surface area contributed by atoms with Gasteiger partial charge in [0, 0.05) is 12.6 Å². The zero-order valence-electron chi connectivity index (χ0n) is 11.0. The Kier molecular flexibility index (Phi) is 4.21. The van der Waals surface area contributed by atoms with Crippen LogP contribution in [-0.4, -0.2) is 15.8 Å². The second-order valence-corrected chi connectivity index (χ2v) is 4.48. The van der Waals surface area contributed by atoms with Gasteiger partial charge in [0.15, 0.2) is 0 Å². The van der Waals surface area contributed by atoms with E-state index < -0.39 is 0 Å². The summed E-state index contributed by atoms with van der Waals surface area (Å²) in [5.41, 5.74) is 7.70. The molecule has 4 heteroatoms. The topological polar surface area (TPSA) is 55.9 Å². The van der Waals surface area contributed by atoms with Crippen molar-refractivity contribution >= 4 is 11.5 Å². The lowest BCUT2D eigenvalue weighted by molar-refractivity contribution is 0.489. The summed E-state index contributed by atoms with van der Waals surface area (Å²) in [6.45, 7) is 11.5. The van der Waals surface area contributed by atoms with E-state index in [1.807, 2.05) is 11.6 Å². The summed E-state index contributed by atoms with van der Waals surface area (Å²) in [5, 5.41) is 7.87. The fourth-order valence-corrected chi connectivity index (χ4v) is 1.69. The van der Waals surface area contributed by atoms with Gasteiger partial charge in [-0.3, -0.25) is 0 Å². The minimum absolute atomic E-state index is 0.411. The van der Waals surface area contributed by atoms with Crippen LogP contribution in [0.25, 0.3) is 0 Å². The van der Waals surface area contributed by atoms with Crippen LogP contribution in [-0.2, 0) is 6.54 Å². The molecule has 0 amide bonds. The molecule has 0 aliphatic rings. The van der Waals surface area contributed by atoms with E-state index in [0.717, 1.165) is 30.2 Å². The Bertz CT molecular complexity index is 343. The number of hydrogen-bond donors (Lipinski definition) is 2. The summed E-state index contributed by atoms with van der Waals surface area (Å²) in [5.74, 6) is 1.59. The number of aromatic nitrogens is 2. The first-order valence-electron chi connectivity index (χ1n) is 6.10. The van der Waals surface area contributed by atoms with Gasteiger partial charge >= 0.3 is 0 Å². The molecule has 0 saturated carbocycles. The predicted octanol–water partition coefficient (Wildman–Crippen LogP) is 2.64. The van der Waals surface area contributed by atoms with Crippen molar-refractivity contribution in [1.82, 2.24) is 9.78 Å². The normalized spacial score (nSPS) is 14.8. The van der Waals surface area contributed by atoms with Crippen LogP contribution in [0, 0.1) is 12.8 Å². The van der Waals surface area contributed by atoms with Gasteiger partial charge in [-0.05, 0) is 26.7 Å². The predicted molar refractivity (Wildman–Crippen MR) is 69.6 cm³/mol. The van der Waals surface area contributed by atoms with Crippen LogP contribution in [0.1, 0.15) is 39.8 Å². The van der Waals surface area contributed by atoms with Crippen molar-refractivity contribution in [3.05, 3.63) is 5.69 Å². The van der Waals surface area contributed by atoms with Crippen LogP contribution < -0.4 is 11.1 Å². The molecule has 0 radical (unpaired) electrons. The third-order valence-electron chi connectivity index (χ3n) is 3.34. The third kappa shape index (κ3) is 2.49. The molecule has 1 rings (SSSR count). The van der Waals surface area contributed by atoms with Gasteiger partial charge in [-0.2, -0.15) is 5.10 Å². The number of nitrogens with zero attached hydrogens (tertiary/aromatic N) is 2. The highest BCUT2D eigenvalue weighted by Crippen LogP contribution is 2.24. The monoisotopic (exact) mass is 224 g/mol. The maximum absolute atomic E-state index is 6.02. The van der Waals surface area contributed by atoms with E-state index in [-0.39, 0.29) is 0 Å². The molecule has 1 aromatic rings. The average molecular weight is 224 g/mol. The third-order valence-corrected chi connectivity index (χ3v) is 3.34. The largest absolute Gasteiger partial charge is 0.394 e. The lowest BCUT2D eigenvalue weighted by Crippen LogP contribution is -2.25. The second kappa shape index (κ2) is 5.23. The lowest BCUT2D eigenvalue weighted by atomic mass is 10.0. The highest BCUT2D eigenvalue weighted by molar-refractivity contribution is 5.65. The Labute approximate surface area is 98.2 Å². The van der Waals surface area contributed by atoms with Crippen molar-refractivity contribution in [2.24, 2.45) is 5.92 Å². The zero-order valence-corrected chi connectivity index (χ0v) is 11.0. The number of nitrogen functional groups attached to an aromatic ring is 1. The Morgan fingerprint density at radius 2 is 2.00 bits per heavy atom. The highest BCUT2D eigenvalue weighted by atomic mass is 15.3. The molecule has 2 unspecified atom stereocenters. The molecule has 3 N–H and O–H groups in total. The van der Waals surface area contributed by atoms with E-state index in [2.05, 4.69) is 38.1 Å². The van der Waals surface area contributed by atoms with Gasteiger partial charge in [-0.15, -0.1) is 0 Å². The molecule has 0 aliphatic heterocycles. The molecule has 0 bridgehead atoms. The standard InChI is InChI=1S/C12H24N4/c1-6-8(3)9(4)14-12-11(13)10(5)15-16(12)7-2/h8-9,14H,6-7,13H2,1-5H3. The van der Waals surface area contributed by atoms with Crippen molar-refractivity contribution in [1.29, 1.82) is 0 Å². The Morgan fingerprint density at radius 1 is 1.38 bits per heavy atom. The summed E-state index contributed by atoms with van der Waals surface area (Å²) < 4.78 is 1.93. The molecule has 16 heavy (non-hydrogen) atoms. The van der Waals surface area contributed by atoms with Crippen LogP contribution in [0.5, 0.6) is 0 Å². The molecule has 4 nitrogen and oxygen atoms in total. The summed E-state index contributed by atoms with van der Waals surface area (Å²) >= 11 is 0. The summed E-state index contributed by atoms with van der Waals surface area (Å²) in [4.78, 5) is 0. The highest BCUT2D eigenvalue weighted by Gasteiger charge is 2.16. The molecule has 1 aromatic heterocycles. The fraction of sp³-hybridized carbons (Fsp3) is 0.750. The quantitative estimate of drug-likeness (QED) is 0.808. The Balaban J connectivity index is 2.87. The number of rotatable bonds is 5. The molecule has 2 atom stereocenters. The Morgan fingerprint density at radius 3 is 2.50 bits per heavy atom. The van der Waals surface area contributed by atoms with Gasteiger partial charge < -0.3 is 11.1 Å². The second-order valence-electron chi connectivity index (χ2n) is 4.48. The summed E-state index contributed by atoms with van der Waals surface area (Å²) in [7, 11) is 0. The minimum atomic E-state index is 0.411. The summed E-state index contributed by atoms with van der Waals surface area (Å²) in [6, 6.07) is 0.411. The first-order chi connectivity index (χ1) is 7.51. The molecule has 1 heterocycles. The Hall–Kier alpha value is -1.19. The minimum Gasteiger partial charge on any atom is -0.394 e. The fourth-order valence-electron chi connectivity index (χ4n) is 1.69. The maximum atomic E-state index is 6.02. The van der Waals surface area contributed by atoms with Crippen LogP contribution in [0.2, 0.25) is 0 Å². The van der Waals surface area contributed by atoms with Crippen molar-refractivity contribution in [3.8, 4) is 0 Å². The van der Waals surface area contributed by atoms with E-state index in [4.69, 9.17) is 5.73 Å². The average Bonchev–Trinajstić information content (AvgIpc) is 2.55.